The highest BCUT2D eigenvalue weighted by atomic mass is 16.2. The summed E-state index contributed by atoms with van der Waals surface area (Å²) >= 11 is 0. The molecule has 0 unspecified atom stereocenters. The maximum absolute atomic E-state index is 12.2. The second kappa shape index (κ2) is 5.61. The molecule has 17 heavy (non-hydrogen) atoms. The van der Waals surface area contributed by atoms with Gasteiger partial charge in [-0.05, 0) is 25.0 Å². The van der Waals surface area contributed by atoms with Crippen molar-refractivity contribution in [1.82, 2.24) is 15.1 Å². The third-order valence-corrected chi connectivity index (χ3v) is 3.05. The van der Waals surface area contributed by atoms with Crippen molar-refractivity contribution in [2.45, 2.75) is 32.1 Å². The SMILES string of the molecule is Nc1ccc(C(=O)N2CCCCCCC2)nn1. The summed E-state index contributed by atoms with van der Waals surface area (Å²) in [5.41, 5.74) is 5.84. The van der Waals surface area contributed by atoms with Crippen molar-refractivity contribution in [1.29, 1.82) is 0 Å². The van der Waals surface area contributed by atoms with Crippen molar-refractivity contribution < 1.29 is 4.79 Å². The van der Waals surface area contributed by atoms with E-state index in [1.807, 2.05) is 4.90 Å². The van der Waals surface area contributed by atoms with Crippen LogP contribution in [0.5, 0.6) is 0 Å². The normalized spacial score (nSPS) is 17.3. The summed E-state index contributed by atoms with van der Waals surface area (Å²) in [7, 11) is 0. The molecule has 5 nitrogen and oxygen atoms in total. The molecule has 0 saturated carbocycles. The molecule has 0 atom stereocenters. The lowest BCUT2D eigenvalue weighted by molar-refractivity contribution is 0.0735. The zero-order valence-corrected chi connectivity index (χ0v) is 9.93. The van der Waals surface area contributed by atoms with Crippen molar-refractivity contribution in [2.24, 2.45) is 0 Å². The third kappa shape index (κ3) is 3.15. The molecule has 1 saturated heterocycles. The highest BCUT2D eigenvalue weighted by Crippen LogP contribution is 2.12. The maximum atomic E-state index is 12.2. The fourth-order valence-electron chi connectivity index (χ4n) is 2.07. The maximum Gasteiger partial charge on any atom is 0.274 e. The molecule has 1 aliphatic heterocycles. The molecule has 5 heteroatoms. The number of nitrogens with two attached hydrogens (primary N) is 1. The lowest BCUT2D eigenvalue weighted by Crippen LogP contribution is -2.34. The van der Waals surface area contributed by atoms with Gasteiger partial charge in [0.1, 0.15) is 5.82 Å². The Hall–Kier alpha value is -1.65. The van der Waals surface area contributed by atoms with Crippen LogP contribution in [0.4, 0.5) is 5.82 Å². The van der Waals surface area contributed by atoms with E-state index < -0.39 is 0 Å². The molecule has 1 aliphatic rings. The van der Waals surface area contributed by atoms with E-state index in [1.54, 1.807) is 12.1 Å². The van der Waals surface area contributed by atoms with Crippen LogP contribution in [-0.2, 0) is 0 Å². The quantitative estimate of drug-likeness (QED) is 0.798. The number of anilines is 1. The minimum absolute atomic E-state index is 0.0283. The van der Waals surface area contributed by atoms with Crippen molar-refractivity contribution in [3.8, 4) is 0 Å². The summed E-state index contributed by atoms with van der Waals surface area (Å²) < 4.78 is 0. The van der Waals surface area contributed by atoms with Crippen LogP contribution in [0.25, 0.3) is 0 Å². The fourth-order valence-corrected chi connectivity index (χ4v) is 2.07. The molecule has 92 valence electrons. The van der Waals surface area contributed by atoms with Crippen molar-refractivity contribution in [3.05, 3.63) is 17.8 Å². The molecule has 0 aromatic carbocycles. The second-order valence-electron chi connectivity index (χ2n) is 4.40. The number of nitrogens with zero attached hydrogens (tertiary/aromatic N) is 3. The van der Waals surface area contributed by atoms with Gasteiger partial charge in [0.15, 0.2) is 5.69 Å². The lowest BCUT2D eigenvalue weighted by Gasteiger charge is -2.24. The van der Waals surface area contributed by atoms with Crippen LogP contribution in [0.15, 0.2) is 12.1 Å². The van der Waals surface area contributed by atoms with E-state index in [0.29, 0.717) is 11.5 Å². The largest absolute Gasteiger partial charge is 0.382 e. The van der Waals surface area contributed by atoms with Gasteiger partial charge >= 0.3 is 0 Å². The molecule has 1 amide bonds. The number of hydrogen-bond acceptors (Lipinski definition) is 4. The molecule has 0 radical (unpaired) electrons. The Morgan fingerprint density at radius 3 is 2.29 bits per heavy atom. The highest BCUT2D eigenvalue weighted by molar-refractivity contribution is 5.92. The summed E-state index contributed by atoms with van der Waals surface area (Å²) in [5, 5.41) is 7.56. The number of hydrogen-bond donors (Lipinski definition) is 1. The third-order valence-electron chi connectivity index (χ3n) is 3.05. The topological polar surface area (TPSA) is 72.1 Å². The van der Waals surface area contributed by atoms with Crippen LogP contribution < -0.4 is 5.73 Å². The number of aromatic nitrogens is 2. The van der Waals surface area contributed by atoms with Gasteiger partial charge in [0.25, 0.3) is 5.91 Å². The minimum atomic E-state index is -0.0283. The summed E-state index contributed by atoms with van der Waals surface area (Å²) in [5.74, 6) is 0.314. The van der Waals surface area contributed by atoms with Gasteiger partial charge in [0.2, 0.25) is 0 Å². The first-order valence-corrected chi connectivity index (χ1v) is 6.16. The van der Waals surface area contributed by atoms with Gasteiger partial charge < -0.3 is 10.6 Å². The van der Waals surface area contributed by atoms with Gasteiger partial charge in [-0.3, -0.25) is 4.79 Å². The molecule has 1 aromatic rings. The average molecular weight is 234 g/mol. The Morgan fingerprint density at radius 1 is 1.06 bits per heavy atom. The molecule has 0 bridgehead atoms. The highest BCUT2D eigenvalue weighted by Gasteiger charge is 2.17. The Morgan fingerprint density at radius 2 is 1.71 bits per heavy atom. The van der Waals surface area contributed by atoms with E-state index in [0.717, 1.165) is 25.9 Å². The predicted octanol–water partition coefficient (Wildman–Crippen LogP) is 1.47. The molecule has 1 aromatic heterocycles. The predicted molar refractivity (Wildman–Crippen MR) is 65.4 cm³/mol. The molecular formula is C12H18N4O. The van der Waals surface area contributed by atoms with Crippen LogP contribution in [0, 0.1) is 0 Å². The van der Waals surface area contributed by atoms with Gasteiger partial charge in [-0.1, -0.05) is 19.3 Å². The zero-order chi connectivity index (χ0) is 12.1. The summed E-state index contributed by atoms with van der Waals surface area (Å²) in [6, 6.07) is 3.26. The number of nitrogen functional groups attached to an aromatic ring is 1. The Bertz CT molecular complexity index is 369. The number of amides is 1. The average Bonchev–Trinajstić information content (AvgIpc) is 2.29. The Balaban J connectivity index is 2.04. The van der Waals surface area contributed by atoms with E-state index >= 15 is 0 Å². The van der Waals surface area contributed by atoms with Gasteiger partial charge in [0, 0.05) is 13.1 Å². The molecular weight excluding hydrogens is 216 g/mol. The van der Waals surface area contributed by atoms with Crippen LogP contribution in [0.1, 0.15) is 42.6 Å². The first-order valence-electron chi connectivity index (χ1n) is 6.16. The van der Waals surface area contributed by atoms with Gasteiger partial charge in [-0.2, -0.15) is 0 Å². The number of carbonyl (C=O) groups excluding carboxylic acids is 1. The molecule has 2 N–H and O–H groups in total. The van der Waals surface area contributed by atoms with Crippen LogP contribution >= 0.6 is 0 Å². The molecule has 2 rings (SSSR count). The summed E-state index contributed by atoms with van der Waals surface area (Å²) in [6.07, 6.45) is 5.85. The van der Waals surface area contributed by atoms with Crippen molar-refractivity contribution in [2.75, 3.05) is 18.8 Å². The Labute approximate surface area is 101 Å². The number of carbonyl (C=O) groups is 1. The van der Waals surface area contributed by atoms with E-state index in [-0.39, 0.29) is 5.91 Å². The lowest BCUT2D eigenvalue weighted by atomic mass is 10.1. The number of rotatable bonds is 1. The van der Waals surface area contributed by atoms with Gasteiger partial charge in [-0.15, -0.1) is 10.2 Å². The molecule has 2 heterocycles. The standard InChI is InChI=1S/C12H18N4O/c13-11-7-6-10(14-15-11)12(17)16-8-4-2-1-3-5-9-16/h6-7H,1-5,8-9H2,(H2,13,15). The first kappa shape index (κ1) is 11.8. The van der Waals surface area contributed by atoms with E-state index in [9.17, 15) is 4.79 Å². The summed E-state index contributed by atoms with van der Waals surface area (Å²) in [4.78, 5) is 14.0. The van der Waals surface area contributed by atoms with Gasteiger partial charge in [-0.25, -0.2) is 0 Å². The van der Waals surface area contributed by atoms with Crippen LogP contribution in [0.3, 0.4) is 0 Å². The zero-order valence-electron chi connectivity index (χ0n) is 9.93. The van der Waals surface area contributed by atoms with E-state index in [1.165, 1.54) is 19.3 Å². The smallest absolute Gasteiger partial charge is 0.274 e. The van der Waals surface area contributed by atoms with Crippen molar-refractivity contribution >= 4 is 11.7 Å². The second-order valence-corrected chi connectivity index (χ2v) is 4.40. The van der Waals surface area contributed by atoms with Crippen molar-refractivity contribution in [3.63, 3.8) is 0 Å². The summed E-state index contributed by atoms with van der Waals surface area (Å²) in [6.45, 7) is 1.65. The van der Waals surface area contributed by atoms with E-state index in [4.69, 9.17) is 5.73 Å². The van der Waals surface area contributed by atoms with Crippen LogP contribution in [-0.4, -0.2) is 34.1 Å². The minimum Gasteiger partial charge on any atom is -0.382 e. The van der Waals surface area contributed by atoms with Crippen LogP contribution in [0.2, 0.25) is 0 Å². The molecule has 0 spiro atoms. The molecule has 0 aliphatic carbocycles. The number of likely N-dealkylation sites (tertiary alicyclic amines) is 1. The Kier molecular flexibility index (Phi) is 3.90. The monoisotopic (exact) mass is 234 g/mol. The fraction of sp³-hybridized carbons (Fsp3) is 0.583. The first-order chi connectivity index (χ1) is 8.27. The van der Waals surface area contributed by atoms with Gasteiger partial charge in [0.05, 0.1) is 0 Å². The van der Waals surface area contributed by atoms with E-state index in [2.05, 4.69) is 10.2 Å². The molecule has 1 fully saturated rings.